The normalized spacial score (nSPS) is 10.5. The molecule has 1 aromatic heterocycles. The van der Waals surface area contributed by atoms with Crippen LogP contribution >= 0.6 is 27.3 Å². The Hall–Kier alpha value is -1.54. The van der Waals surface area contributed by atoms with Crippen LogP contribution in [0.2, 0.25) is 0 Å². The average Bonchev–Trinajstić information content (AvgIpc) is 2.83. The van der Waals surface area contributed by atoms with E-state index >= 15 is 0 Å². The summed E-state index contributed by atoms with van der Waals surface area (Å²) in [7, 11) is 0. The molecule has 1 amide bonds. The first kappa shape index (κ1) is 15.8. The number of hydrogen-bond donors (Lipinski definition) is 2. The Labute approximate surface area is 132 Å². The van der Waals surface area contributed by atoms with Crippen LogP contribution in [-0.2, 0) is 0 Å². The molecule has 4 nitrogen and oxygen atoms in total. The molecule has 0 bridgehead atoms. The van der Waals surface area contributed by atoms with E-state index in [1.807, 2.05) is 6.92 Å². The minimum atomic E-state index is -0.797. The fourth-order valence-electron chi connectivity index (χ4n) is 1.60. The van der Waals surface area contributed by atoms with Crippen LogP contribution in [0.3, 0.4) is 0 Å². The topological polar surface area (TPSA) is 54.0 Å². The zero-order valence-electron chi connectivity index (χ0n) is 11.0. The summed E-state index contributed by atoms with van der Waals surface area (Å²) in [6.45, 7) is 2.34. The van der Waals surface area contributed by atoms with Gasteiger partial charge in [0, 0.05) is 12.1 Å². The molecule has 1 aromatic carbocycles. The summed E-state index contributed by atoms with van der Waals surface area (Å²) in [5, 5.41) is 5.48. The van der Waals surface area contributed by atoms with Gasteiger partial charge in [-0.3, -0.25) is 10.1 Å². The second-order valence-corrected chi connectivity index (χ2v) is 6.58. The maximum absolute atomic E-state index is 13.8. The van der Waals surface area contributed by atoms with Gasteiger partial charge in [-0.25, -0.2) is 13.8 Å². The van der Waals surface area contributed by atoms with Crippen LogP contribution in [0.1, 0.15) is 23.7 Å². The van der Waals surface area contributed by atoms with Crippen molar-refractivity contribution in [1.82, 2.24) is 4.98 Å². The van der Waals surface area contributed by atoms with Gasteiger partial charge in [-0.1, -0.05) is 18.3 Å². The number of halogens is 3. The SMILES string of the molecule is CCCNc1c(F)cc(C(=O)Nc2ncc(Br)s2)cc1F. The van der Waals surface area contributed by atoms with Crippen molar-refractivity contribution in [2.45, 2.75) is 13.3 Å². The van der Waals surface area contributed by atoms with Gasteiger partial charge < -0.3 is 5.32 Å². The van der Waals surface area contributed by atoms with Crippen molar-refractivity contribution in [2.75, 3.05) is 17.2 Å². The van der Waals surface area contributed by atoms with Crippen molar-refractivity contribution < 1.29 is 13.6 Å². The minimum Gasteiger partial charge on any atom is -0.380 e. The van der Waals surface area contributed by atoms with Crippen LogP contribution in [0.25, 0.3) is 0 Å². The Morgan fingerprint density at radius 1 is 1.38 bits per heavy atom. The summed E-state index contributed by atoms with van der Waals surface area (Å²) in [5.41, 5.74) is -0.316. The van der Waals surface area contributed by atoms with Gasteiger partial charge in [0.25, 0.3) is 5.91 Å². The molecule has 0 atom stereocenters. The van der Waals surface area contributed by atoms with Crippen LogP contribution < -0.4 is 10.6 Å². The quantitative estimate of drug-likeness (QED) is 0.820. The third-order valence-electron chi connectivity index (χ3n) is 2.55. The van der Waals surface area contributed by atoms with E-state index in [-0.39, 0.29) is 11.3 Å². The van der Waals surface area contributed by atoms with Crippen molar-refractivity contribution in [1.29, 1.82) is 0 Å². The highest BCUT2D eigenvalue weighted by Gasteiger charge is 2.16. The Balaban J connectivity index is 2.18. The molecule has 0 aliphatic rings. The summed E-state index contributed by atoms with van der Waals surface area (Å²) in [4.78, 5) is 15.9. The van der Waals surface area contributed by atoms with E-state index in [4.69, 9.17) is 0 Å². The highest BCUT2D eigenvalue weighted by molar-refractivity contribution is 9.11. The molecule has 0 aliphatic heterocycles. The molecule has 8 heteroatoms. The lowest BCUT2D eigenvalue weighted by atomic mass is 10.1. The zero-order valence-corrected chi connectivity index (χ0v) is 13.4. The maximum Gasteiger partial charge on any atom is 0.257 e. The Morgan fingerprint density at radius 2 is 2.05 bits per heavy atom. The fourth-order valence-corrected chi connectivity index (χ4v) is 2.71. The Bertz CT molecular complexity index is 640. The number of nitrogens with zero attached hydrogens (tertiary/aromatic N) is 1. The molecule has 1 heterocycles. The Morgan fingerprint density at radius 3 is 2.57 bits per heavy atom. The van der Waals surface area contributed by atoms with Crippen LogP contribution in [0, 0.1) is 11.6 Å². The molecular weight excluding hydrogens is 364 g/mol. The molecule has 2 aromatic rings. The van der Waals surface area contributed by atoms with Crippen LogP contribution in [0.4, 0.5) is 19.6 Å². The third kappa shape index (κ3) is 3.98. The highest BCUT2D eigenvalue weighted by atomic mass is 79.9. The van der Waals surface area contributed by atoms with Crippen LogP contribution in [0.5, 0.6) is 0 Å². The first-order chi connectivity index (χ1) is 10.0. The lowest BCUT2D eigenvalue weighted by molar-refractivity contribution is 0.102. The number of hydrogen-bond acceptors (Lipinski definition) is 4. The van der Waals surface area contributed by atoms with Gasteiger partial charge in [0.15, 0.2) is 5.13 Å². The standard InChI is InChI=1S/C13H12BrF2N3OS/c1-2-3-17-11-8(15)4-7(5-9(11)16)12(20)19-13-18-6-10(14)21-13/h4-6,17H,2-3H2,1H3,(H,18,19,20). The summed E-state index contributed by atoms with van der Waals surface area (Å²) < 4.78 is 28.4. The summed E-state index contributed by atoms with van der Waals surface area (Å²) in [6, 6.07) is 2.00. The van der Waals surface area contributed by atoms with Gasteiger partial charge in [0.1, 0.15) is 17.3 Å². The van der Waals surface area contributed by atoms with E-state index in [9.17, 15) is 13.6 Å². The fraction of sp³-hybridized carbons (Fsp3) is 0.231. The molecule has 21 heavy (non-hydrogen) atoms. The largest absolute Gasteiger partial charge is 0.380 e. The second kappa shape index (κ2) is 6.95. The molecule has 0 unspecified atom stereocenters. The summed E-state index contributed by atoms with van der Waals surface area (Å²) in [6.07, 6.45) is 2.26. The van der Waals surface area contributed by atoms with Gasteiger partial charge in [-0.15, -0.1) is 0 Å². The molecule has 0 aliphatic carbocycles. The van der Waals surface area contributed by atoms with Gasteiger partial charge >= 0.3 is 0 Å². The number of carbonyl (C=O) groups is 1. The number of rotatable bonds is 5. The van der Waals surface area contributed by atoms with Crippen LogP contribution in [0.15, 0.2) is 22.1 Å². The van der Waals surface area contributed by atoms with Gasteiger partial charge in [0.05, 0.1) is 9.98 Å². The number of aromatic nitrogens is 1. The molecular formula is C13H12BrF2N3OS. The second-order valence-electron chi connectivity index (χ2n) is 4.17. The minimum absolute atomic E-state index is 0.0987. The maximum atomic E-state index is 13.8. The predicted molar refractivity (Wildman–Crippen MR) is 82.9 cm³/mol. The lowest BCUT2D eigenvalue weighted by Gasteiger charge is -2.09. The number of benzene rings is 1. The average molecular weight is 376 g/mol. The van der Waals surface area contributed by atoms with Crippen molar-refractivity contribution in [3.8, 4) is 0 Å². The summed E-state index contributed by atoms with van der Waals surface area (Å²) >= 11 is 4.42. The molecule has 0 fully saturated rings. The van der Waals surface area contributed by atoms with Crippen molar-refractivity contribution >= 4 is 44.0 Å². The molecule has 0 radical (unpaired) electrons. The smallest absolute Gasteiger partial charge is 0.257 e. The molecule has 0 saturated carbocycles. The first-order valence-corrected chi connectivity index (χ1v) is 7.77. The molecule has 2 N–H and O–H groups in total. The zero-order chi connectivity index (χ0) is 15.4. The lowest BCUT2D eigenvalue weighted by Crippen LogP contribution is -2.13. The first-order valence-electron chi connectivity index (χ1n) is 6.17. The monoisotopic (exact) mass is 375 g/mol. The van der Waals surface area contributed by atoms with Crippen molar-refractivity contribution in [3.05, 3.63) is 39.3 Å². The number of carbonyl (C=O) groups excluding carboxylic acids is 1. The van der Waals surface area contributed by atoms with Crippen LogP contribution in [-0.4, -0.2) is 17.4 Å². The predicted octanol–water partition coefficient (Wildman–Crippen LogP) is 4.26. The van der Waals surface area contributed by atoms with Gasteiger partial charge in [-0.2, -0.15) is 0 Å². The molecule has 112 valence electrons. The number of amides is 1. The van der Waals surface area contributed by atoms with E-state index in [0.29, 0.717) is 11.7 Å². The number of anilines is 2. The van der Waals surface area contributed by atoms with E-state index in [2.05, 4.69) is 31.5 Å². The van der Waals surface area contributed by atoms with E-state index in [0.717, 1.165) is 22.3 Å². The van der Waals surface area contributed by atoms with Gasteiger partial charge in [-0.05, 0) is 34.5 Å². The van der Waals surface area contributed by atoms with E-state index in [1.165, 1.54) is 17.5 Å². The Kier molecular flexibility index (Phi) is 5.24. The molecule has 0 spiro atoms. The van der Waals surface area contributed by atoms with Gasteiger partial charge in [0.2, 0.25) is 0 Å². The molecule has 2 rings (SSSR count). The van der Waals surface area contributed by atoms with Crippen molar-refractivity contribution in [3.63, 3.8) is 0 Å². The van der Waals surface area contributed by atoms with E-state index in [1.54, 1.807) is 0 Å². The van der Waals surface area contributed by atoms with E-state index < -0.39 is 17.5 Å². The number of thiazole rings is 1. The highest BCUT2D eigenvalue weighted by Crippen LogP contribution is 2.25. The molecule has 0 saturated heterocycles. The number of nitrogens with one attached hydrogen (secondary N) is 2. The summed E-state index contributed by atoms with van der Waals surface area (Å²) in [5.74, 6) is -2.21. The third-order valence-corrected chi connectivity index (χ3v) is 3.95. The van der Waals surface area contributed by atoms with Crippen molar-refractivity contribution in [2.24, 2.45) is 0 Å².